The number of piperazine rings is 1. The molecule has 2 bridgehead atoms. The van der Waals surface area contributed by atoms with Gasteiger partial charge in [-0.2, -0.15) is 0 Å². The minimum absolute atomic E-state index is 0.0945. The number of hydrogen-bond acceptors (Lipinski definition) is 4. The third-order valence-electron chi connectivity index (χ3n) is 5.60. The molecule has 0 radical (unpaired) electrons. The summed E-state index contributed by atoms with van der Waals surface area (Å²) in [6.07, 6.45) is 3.86. The van der Waals surface area contributed by atoms with Gasteiger partial charge in [0.2, 0.25) is 0 Å². The average molecular weight is 341 g/mol. The van der Waals surface area contributed by atoms with Gasteiger partial charge in [0.05, 0.1) is 11.2 Å². The molecule has 4 rings (SSSR count). The molecule has 2 aromatic rings. The van der Waals surface area contributed by atoms with Crippen molar-refractivity contribution in [2.24, 2.45) is 5.92 Å². The van der Waals surface area contributed by atoms with Crippen LogP contribution in [0.2, 0.25) is 0 Å². The smallest absolute Gasteiger partial charge is 0.327 e. The van der Waals surface area contributed by atoms with E-state index in [9.17, 15) is 4.79 Å². The highest BCUT2D eigenvalue weighted by Crippen LogP contribution is 2.36. The Balaban J connectivity index is 1.58. The van der Waals surface area contributed by atoms with E-state index < -0.39 is 0 Å². The van der Waals surface area contributed by atoms with Crippen molar-refractivity contribution < 1.29 is 4.79 Å². The number of benzene rings is 1. The predicted molar refractivity (Wildman–Crippen MR) is 100 cm³/mol. The topological polar surface area (TPSA) is 53.4 Å². The number of carbonyl (C=O) groups excluding carboxylic acids is 1. The summed E-state index contributed by atoms with van der Waals surface area (Å²) >= 11 is 0. The summed E-state index contributed by atoms with van der Waals surface area (Å²) in [5.41, 5.74) is 2.97. The Morgan fingerprint density at radius 3 is 2.84 bits per heavy atom. The fourth-order valence-corrected chi connectivity index (χ4v) is 4.13. The summed E-state index contributed by atoms with van der Waals surface area (Å²) in [5.74, 6) is 0.579. The van der Waals surface area contributed by atoms with E-state index in [0.29, 0.717) is 24.5 Å². The molecule has 6 nitrogen and oxygen atoms in total. The number of anilines is 1. The van der Waals surface area contributed by atoms with Gasteiger partial charge in [-0.15, -0.1) is 0 Å². The zero-order valence-electron chi connectivity index (χ0n) is 15.3. The third-order valence-corrected chi connectivity index (χ3v) is 5.60. The highest BCUT2D eigenvalue weighted by atomic mass is 16.2. The number of fused-ring (bicyclic) bond motifs is 3. The third kappa shape index (κ3) is 2.88. The molecule has 25 heavy (non-hydrogen) atoms. The maximum atomic E-state index is 12.5. The minimum Gasteiger partial charge on any atom is -0.364 e. The first-order valence-electron chi connectivity index (χ1n) is 9.25. The van der Waals surface area contributed by atoms with Crippen LogP contribution in [0.1, 0.15) is 26.7 Å². The van der Waals surface area contributed by atoms with Crippen molar-refractivity contribution in [1.82, 2.24) is 19.8 Å². The Labute approximate surface area is 148 Å². The molecule has 2 unspecified atom stereocenters. The van der Waals surface area contributed by atoms with Crippen LogP contribution in [0.5, 0.6) is 0 Å². The van der Waals surface area contributed by atoms with Crippen molar-refractivity contribution in [1.29, 1.82) is 0 Å². The van der Waals surface area contributed by atoms with Gasteiger partial charge in [-0.3, -0.25) is 9.47 Å². The van der Waals surface area contributed by atoms with Gasteiger partial charge < -0.3 is 10.2 Å². The highest BCUT2D eigenvalue weighted by molar-refractivity contribution is 5.95. The lowest BCUT2D eigenvalue weighted by molar-refractivity contribution is 0.242. The normalized spacial score (nSPS) is 23.1. The molecule has 3 heterocycles. The molecule has 6 heteroatoms. The molecule has 1 amide bonds. The van der Waals surface area contributed by atoms with Crippen LogP contribution >= 0.6 is 0 Å². The van der Waals surface area contributed by atoms with Crippen LogP contribution in [0.3, 0.4) is 0 Å². The summed E-state index contributed by atoms with van der Waals surface area (Å²) in [6, 6.07) is 7.26. The van der Waals surface area contributed by atoms with E-state index in [4.69, 9.17) is 0 Å². The molecule has 0 aliphatic carbocycles. The van der Waals surface area contributed by atoms with E-state index in [1.54, 1.807) is 10.9 Å². The van der Waals surface area contributed by atoms with Crippen LogP contribution < -0.4 is 10.2 Å². The van der Waals surface area contributed by atoms with Crippen molar-refractivity contribution in [2.45, 2.75) is 38.8 Å². The van der Waals surface area contributed by atoms with Crippen LogP contribution in [0, 0.1) is 5.92 Å². The molecule has 2 fully saturated rings. The van der Waals surface area contributed by atoms with Crippen molar-refractivity contribution in [3.63, 3.8) is 0 Å². The molecule has 1 aromatic heterocycles. The number of rotatable bonds is 4. The standard InChI is InChI=1S/C19H27N5O/c1-13(2)7-8-20-19(25)24-12-21-18-16(5-4-6-17(18)24)23-11-14-9-15(23)10-22(14)3/h4-6,12-15H,7-11H2,1-3H3,(H,20,25). The number of nitrogens with zero attached hydrogens (tertiary/aromatic N) is 4. The van der Waals surface area contributed by atoms with E-state index in [1.165, 1.54) is 6.42 Å². The number of hydrogen-bond donors (Lipinski definition) is 1. The number of carbonyl (C=O) groups is 1. The molecule has 2 aliphatic heterocycles. The molecular formula is C19H27N5O. The molecule has 0 spiro atoms. The minimum atomic E-state index is -0.0945. The van der Waals surface area contributed by atoms with Gasteiger partial charge in [-0.1, -0.05) is 19.9 Å². The second kappa shape index (κ2) is 6.33. The summed E-state index contributed by atoms with van der Waals surface area (Å²) in [6.45, 7) is 7.17. The molecule has 0 saturated carbocycles. The summed E-state index contributed by atoms with van der Waals surface area (Å²) in [5, 5.41) is 2.99. The van der Waals surface area contributed by atoms with Gasteiger partial charge >= 0.3 is 6.03 Å². The summed E-state index contributed by atoms with van der Waals surface area (Å²) in [7, 11) is 2.21. The second-order valence-electron chi connectivity index (χ2n) is 7.81. The van der Waals surface area contributed by atoms with E-state index in [-0.39, 0.29) is 6.03 Å². The number of likely N-dealkylation sites (tertiary alicyclic amines) is 1. The van der Waals surface area contributed by atoms with E-state index in [0.717, 1.165) is 36.2 Å². The zero-order chi connectivity index (χ0) is 17.6. The zero-order valence-corrected chi connectivity index (χ0v) is 15.3. The van der Waals surface area contributed by atoms with Crippen LogP contribution in [-0.4, -0.2) is 59.2 Å². The number of imidazole rings is 1. The summed E-state index contributed by atoms with van der Waals surface area (Å²) < 4.78 is 1.64. The first-order valence-corrected chi connectivity index (χ1v) is 9.25. The molecule has 1 N–H and O–H groups in total. The van der Waals surface area contributed by atoms with Crippen molar-refractivity contribution >= 4 is 22.8 Å². The maximum absolute atomic E-state index is 12.5. The number of para-hydroxylation sites is 1. The Morgan fingerprint density at radius 2 is 2.16 bits per heavy atom. The molecule has 1 aromatic carbocycles. The first kappa shape index (κ1) is 16.4. The Kier molecular flexibility index (Phi) is 4.15. The first-order chi connectivity index (χ1) is 12.0. The largest absolute Gasteiger partial charge is 0.364 e. The van der Waals surface area contributed by atoms with E-state index in [1.807, 2.05) is 12.1 Å². The van der Waals surface area contributed by atoms with Crippen LogP contribution in [0.15, 0.2) is 24.5 Å². The lowest BCUT2D eigenvalue weighted by Gasteiger charge is -2.33. The molecule has 134 valence electrons. The fraction of sp³-hybridized carbons (Fsp3) is 0.579. The average Bonchev–Trinajstić information content (AvgIpc) is 3.26. The number of likely N-dealkylation sites (N-methyl/N-ethyl adjacent to an activating group) is 1. The molecule has 2 aliphatic rings. The molecule has 2 saturated heterocycles. The molecular weight excluding hydrogens is 314 g/mol. The predicted octanol–water partition coefficient (Wildman–Crippen LogP) is 2.53. The van der Waals surface area contributed by atoms with Crippen LogP contribution in [-0.2, 0) is 0 Å². The Morgan fingerprint density at radius 1 is 1.32 bits per heavy atom. The second-order valence-corrected chi connectivity index (χ2v) is 7.81. The van der Waals surface area contributed by atoms with Gasteiger partial charge in [0, 0.05) is 31.7 Å². The number of aromatic nitrogens is 2. The number of amides is 1. The highest BCUT2D eigenvalue weighted by Gasteiger charge is 2.42. The van der Waals surface area contributed by atoms with Crippen LogP contribution in [0.4, 0.5) is 10.5 Å². The van der Waals surface area contributed by atoms with Crippen LogP contribution in [0.25, 0.3) is 11.0 Å². The van der Waals surface area contributed by atoms with Crippen molar-refractivity contribution in [2.75, 3.05) is 31.6 Å². The van der Waals surface area contributed by atoms with Gasteiger partial charge in [0.25, 0.3) is 0 Å². The SMILES string of the molecule is CC(C)CCNC(=O)n1cnc2c(N3CC4CC3CN4C)cccc21. The van der Waals surface area contributed by atoms with Crippen molar-refractivity contribution in [3.8, 4) is 0 Å². The molecule has 2 atom stereocenters. The fourth-order valence-electron chi connectivity index (χ4n) is 4.13. The monoisotopic (exact) mass is 341 g/mol. The quantitative estimate of drug-likeness (QED) is 0.928. The Hall–Kier alpha value is -2.08. The Bertz CT molecular complexity index is 781. The van der Waals surface area contributed by atoms with Crippen molar-refractivity contribution in [3.05, 3.63) is 24.5 Å². The maximum Gasteiger partial charge on any atom is 0.327 e. The van der Waals surface area contributed by atoms with Gasteiger partial charge in [0.15, 0.2) is 0 Å². The van der Waals surface area contributed by atoms with E-state index >= 15 is 0 Å². The van der Waals surface area contributed by atoms with Gasteiger partial charge in [0.1, 0.15) is 11.8 Å². The van der Waals surface area contributed by atoms with Gasteiger partial charge in [-0.25, -0.2) is 9.78 Å². The summed E-state index contributed by atoms with van der Waals surface area (Å²) in [4.78, 5) is 22.0. The lowest BCUT2D eigenvalue weighted by atomic mass is 10.1. The van der Waals surface area contributed by atoms with Gasteiger partial charge in [-0.05, 0) is 37.9 Å². The lowest BCUT2D eigenvalue weighted by Crippen LogP contribution is -2.44. The number of nitrogens with one attached hydrogen (secondary N) is 1. The van der Waals surface area contributed by atoms with E-state index in [2.05, 4.69) is 47.1 Å².